The van der Waals surface area contributed by atoms with Gasteiger partial charge in [-0.15, -0.1) is 0 Å². The zero-order valence-corrected chi connectivity index (χ0v) is 13.6. The Kier molecular flexibility index (Phi) is 4.04. The Labute approximate surface area is 126 Å². The number of hydrogen-bond acceptors (Lipinski definition) is 4. The van der Waals surface area contributed by atoms with Gasteiger partial charge in [0.25, 0.3) is 10.1 Å². The molecule has 6 heteroatoms. The molecule has 0 spiro atoms. The van der Waals surface area contributed by atoms with Crippen LogP contribution in [0.4, 0.5) is 5.69 Å². The van der Waals surface area contributed by atoms with Crippen molar-refractivity contribution in [2.24, 2.45) is 0 Å². The first-order valence-corrected chi connectivity index (χ1v) is 8.42. The zero-order chi connectivity index (χ0) is 15.8. The Bertz CT molecular complexity index is 677. The lowest BCUT2D eigenvalue weighted by molar-refractivity contribution is 0.414. The monoisotopic (exact) mass is 311 g/mol. The van der Waals surface area contributed by atoms with E-state index in [9.17, 15) is 13.0 Å². The number of benzene rings is 1. The molecule has 0 bridgehead atoms. The van der Waals surface area contributed by atoms with Crippen molar-refractivity contribution in [3.8, 4) is 5.75 Å². The fourth-order valence-electron chi connectivity index (χ4n) is 2.92. The minimum atomic E-state index is -4.07. The first-order chi connectivity index (χ1) is 9.68. The molecule has 0 saturated heterocycles. The van der Waals surface area contributed by atoms with Crippen molar-refractivity contribution in [3.63, 3.8) is 0 Å². The summed E-state index contributed by atoms with van der Waals surface area (Å²) in [6.45, 7) is 6.86. The third-order valence-corrected chi connectivity index (χ3v) is 4.39. The maximum absolute atomic E-state index is 11.3. The van der Waals surface area contributed by atoms with E-state index < -0.39 is 10.1 Å². The van der Waals surface area contributed by atoms with Gasteiger partial charge in [0.05, 0.1) is 12.6 Å². The van der Waals surface area contributed by atoms with Crippen molar-refractivity contribution in [3.05, 3.63) is 29.8 Å². The van der Waals surface area contributed by atoms with Gasteiger partial charge in [0.2, 0.25) is 0 Å². The highest BCUT2D eigenvalue weighted by molar-refractivity contribution is 7.86. The van der Waals surface area contributed by atoms with Gasteiger partial charge in [-0.25, -0.2) is 0 Å². The van der Waals surface area contributed by atoms with E-state index in [0.29, 0.717) is 5.57 Å². The van der Waals surface area contributed by atoms with Crippen LogP contribution in [-0.2, 0) is 10.1 Å². The lowest BCUT2D eigenvalue weighted by Gasteiger charge is -2.43. The molecule has 2 rings (SSSR count). The predicted molar refractivity (Wildman–Crippen MR) is 84.5 cm³/mol. The molecule has 1 aromatic carbocycles. The molecular weight excluding hydrogens is 290 g/mol. The average Bonchev–Trinajstić information content (AvgIpc) is 2.35. The van der Waals surface area contributed by atoms with Crippen molar-refractivity contribution in [1.29, 1.82) is 0 Å². The summed E-state index contributed by atoms with van der Waals surface area (Å²) in [6.07, 6.45) is 1.90. The van der Waals surface area contributed by atoms with Gasteiger partial charge < -0.3 is 9.64 Å². The molecule has 1 N–H and O–H groups in total. The molecule has 116 valence electrons. The summed E-state index contributed by atoms with van der Waals surface area (Å²) >= 11 is 0. The third kappa shape index (κ3) is 3.22. The quantitative estimate of drug-likeness (QED) is 0.866. The summed E-state index contributed by atoms with van der Waals surface area (Å²) in [5.74, 6) is 0.337. The number of methoxy groups -OCH3 is 1. The van der Waals surface area contributed by atoms with Crippen molar-refractivity contribution in [1.82, 2.24) is 0 Å². The highest BCUT2D eigenvalue weighted by Gasteiger charge is 2.32. The topological polar surface area (TPSA) is 66.8 Å². The van der Waals surface area contributed by atoms with Crippen molar-refractivity contribution >= 4 is 21.4 Å². The summed E-state index contributed by atoms with van der Waals surface area (Å²) in [6, 6.07) is 5.53. The average molecular weight is 311 g/mol. The summed E-state index contributed by atoms with van der Waals surface area (Å²) < 4.78 is 37.0. The molecule has 0 unspecified atom stereocenters. The molecule has 0 amide bonds. The number of hydrogen-bond donors (Lipinski definition) is 1. The number of anilines is 1. The molecule has 0 aliphatic carbocycles. The SMILES string of the molecule is CCN1c2cc(OC)ccc2C(CS(=O)(=O)O)=CC1(C)C. The van der Waals surface area contributed by atoms with E-state index in [2.05, 4.69) is 4.90 Å². The lowest BCUT2D eigenvalue weighted by Crippen LogP contribution is -2.45. The second-order valence-corrected chi connectivity index (χ2v) is 7.13. The van der Waals surface area contributed by atoms with Crippen LogP contribution in [0.5, 0.6) is 5.75 Å². The van der Waals surface area contributed by atoms with E-state index in [1.165, 1.54) is 0 Å². The van der Waals surface area contributed by atoms with Gasteiger partial charge in [-0.2, -0.15) is 8.42 Å². The Balaban J connectivity index is 2.62. The summed E-state index contributed by atoms with van der Waals surface area (Å²) in [4.78, 5) is 2.18. The molecule has 0 saturated carbocycles. The van der Waals surface area contributed by atoms with Crippen LogP contribution in [-0.4, -0.2) is 37.9 Å². The van der Waals surface area contributed by atoms with Crippen LogP contribution in [0.3, 0.4) is 0 Å². The van der Waals surface area contributed by atoms with Gasteiger partial charge in [0.1, 0.15) is 11.5 Å². The number of rotatable bonds is 4. The number of ether oxygens (including phenoxy) is 1. The van der Waals surface area contributed by atoms with Gasteiger partial charge in [0.15, 0.2) is 0 Å². The van der Waals surface area contributed by atoms with Crippen molar-refractivity contribution < 1.29 is 17.7 Å². The highest BCUT2D eigenvalue weighted by atomic mass is 32.2. The van der Waals surface area contributed by atoms with Gasteiger partial charge in [-0.1, -0.05) is 6.08 Å². The largest absolute Gasteiger partial charge is 0.497 e. The third-order valence-electron chi connectivity index (χ3n) is 3.72. The fraction of sp³-hybridized carbons (Fsp3) is 0.467. The van der Waals surface area contributed by atoms with Crippen LogP contribution in [0.1, 0.15) is 26.3 Å². The number of nitrogens with zero attached hydrogens (tertiary/aromatic N) is 1. The first-order valence-electron chi connectivity index (χ1n) is 6.81. The molecule has 1 aliphatic rings. The first kappa shape index (κ1) is 15.9. The van der Waals surface area contributed by atoms with E-state index in [4.69, 9.17) is 4.74 Å². The Morgan fingerprint density at radius 3 is 2.52 bits per heavy atom. The van der Waals surface area contributed by atoms with E-state index in [-0.39, 0.29) is 11.3 Å². The van der Waals surface area contributed by atoms with E-state index >= 15 is 0 Å². The molecule has 21 heavy (non-hydrogen) atoms. The number of likely N-dealkylation sites (N-methyl/N-ethyl adjacent to an activating group) is 1. The van der Waals surface area contributed by atoms with Crippen LogP contribution >= 0.6 is 0 Å². The molecular formula is C15H21NO4S. The van der Waals surface area contributed by atoms with Gasteiger partial charge in [-0.05, 0) is 38.5 Å². The van der Waals surface area contributed by atoms with E-state index in [1.807, 2.05) is 39.0 Å². The second-order valence-electron chi connectivity index (χ2n) is 5.68. The zero-order valence-electron chi connectivity index (χ0n) is 12.8. The van der Waals surface area contributed by atoms with Crippen molar-refractivity contribution in [2.45, 2.75) is 26.3 Å². The number of fused-ring (bicyclic) bond motifs is 1. The van der Waals surface area contributed by atoms with E-state index in [1.54, 1.807) is 13.2 Å². The Morgan fingerprint density at radius 1 is 1.33 bits per heavy atom. The van der Waals surface area contributed by atoms with Crippen LogP contribution in [0.2, 0.25) is 0 Å². The van der Waals surface area contributed by atoms with Crippen molar-refractivity contribution in [2.75, 3.05) is 24.3 Å². The van der Waals surface area contributed by atoms with Crippen LogP contribution in [0.15, 0.2) is 24.3 Å². The van der Waals surface area contributed by atoms with Gasteiger partial charge >= 0.3 is 0 Å². The second kappa shape index (κ2) is 5.35. The maximum Gasteiger partial charge on any atom is 0.269 e. The molecule has 0 aromatic heterocycles. The molecule has 0 radical (unpaired) electrons. The Morgan fingerprint density at radius 2 is 2.00 bits per heavy atom. The molecule has 1 aromatic rings. The lowest BCUT2D eigenvalue weighted by atomic mass is 9.88. The molecule has 0 fully saturated rings. The highest BCUT2D eigenvalue weighted by Crippen LogP contribution is 2.41. The van der Waals surface area contributed by atoms with Crippen LogP contribution in [0, 0.1) is 0 Å². The summed E-state index contributed by atoms with van der Waals surface area (Å²) in [7, 11) is -2.48. The van der Waals surface area contributed by atoms with Gasteiger partial charge in [-0.3, -0.25) is 4.55 Å². The smallest absolute Gasteiger partial charge is 0.269 e. The van der Waals surface area contributed by atoms with E-state index in [0.717, 1.165) is 23.5 Å². The predicted octanol–water partition coefficient (Wildman–Crippen LogP) is 2.58. The molecule has 5 nitrogen and oxygen atoms in total. The summed E-state index contributed by atoms with van der Waals surface area (Å²) in [5, 5.41) is 0. The maximum atomic E-state index is 11.3. The van der Waals surface area contributed by atoms with Gasteiger partial charge in [0, 0.05) is 23.9 Å². The minimum absolute atomic E-state index is 0.339. The minimum Gasteiger partial charge on any atom is -0.497 e. The molecule has 1 aliphatic heterocycles. The fourth-order valence-corrected chi connectivity index (χ4v) is 3.55. The normalized spacial score (nSPS) is 17.2. The Hall–Kier alpha value is -1.53. The standard InChI is InChI=1S/C15H21NO4S/c1-5-16-14-8-12(20-4)6-7-13(14)11(9-15(16,2)3)10-21(17,18)19/h6-9H,5,10H2,1-4H3,(H,17,18,19). The van der Waals surface area contributed by atoms with Crippen LogP contribution in [0.25, 0.3) is 5.57 Å². The summed E-state index contributed by atoms with van der Waals surface area (Å²) in [5.41, 5.74) is 2.01. The molecule has 1 heterocycles. The molecule has 0 atom stereocenters. The van der Waals surface area contributed by atoms with Crippen LogP contribution < -0.4 is 9.64 Å².